The van der Waals surface area contributed by atoms with Gasteiger partial charge in [-0.1, -0.05) is 42.8 Å². The third kappa shape index (κ3) is 5.47. The molecule has 2 aromatic carbocycles. The summed E-state index contributed by atoms with van der Waals surface area (Å²) in [5.41, 5.74) is 0.834. The molecule has 0 fully saturated rings. The van der Waals surface area contributed by atoms with Crippen LogP contribution in [0.15, 0.2) is 53.4 Å². The molecule has 1 atom stereocenters. The Labute approximate surface area is 152 Å². The summed E-state index contributed by atoms with van der Waals surface area (Å²) in [6, 6.07) is 13.2. The molecule has 1 N–H and O–H groups in total. The molecule has 0 aliphatic heterocycles. The lowest BCUT2D eigenvalue weighted by molar-refractivity contribution is -0.123. The van der Waals surface area contributed by atoms with E-state index in [0.717, 1.165) is 11.8 Å². The first-order chi connectivity index (χ1) is 11.8. The van der Waals surface area contributed by atoms with Crippen LogP contribution in [0.5, 0.6) is 5.75 Å². The van der Waals surface area contributed by atoms with Crippen molar-refractivity contribution in [2.45, 2.75) is 24.3 Å². The second kappa shape index (κ2) is 8.36. The Morgan fingerprint density at radius 3 is 2.36 bits per heavy atom. The van der Waals surface area contributed by atoms with Gasteiger partial charge in [0.25, 0.3) is 5.91 Å². The van der Waals surface area contributed by atoms with E-state index in [1.54, 1.807) is 48.5 Å². The molecule has 0 aromatic heterocycles. The Hall–Kier alpha value is -2.05. The number of halogens is 1. The number of ether oxygens (including phenoxy) is 1. The predicted octanol–water partition coefficient (Wildman–Crippen LogP) is 3.39. The van der Waals surface area contributed by atoms with Crippen LogP contribution in [-0.4, -0.2) is 27.2 Å². The van der Waals surface area contributed by atoms with E-state index in [0.29, 0.717) is 17.2 Å². The normalized spacial score (nSPS) is 12.4. The molecular weight excluding hydrogens is 362 g/mol. The minimum atomic E-state index is -3.24. The van der Waals surface area contributed by atoms with Gasteiger partial charge < -0.3 is 10.1 Å². The summed E-state index contributed by atoms with van der Waals surface area (Å²) in [5.74, 6) is 0.170. The van der Waals surface area contributed by atoms with Crippen LogP contribution in [0.25, 0.3) is 0 Å². The summed E-state index contributed by atoms with van der Waals surface area (Å²) < 4.78 is 28.4. The van der Waals surface area contributed by atoms with Crippen LogP contribution >= 0.6 is 11.6 Å². The molecule has 0 unspecified atom stereocenters. The Balaban J connectivity index is 1.99. The molecule has 0 aliphatic carbocycles. The number of nitrogens with one attached hydrogen (secondary N) is 1. The monoisotopic (exact) mass is 381 g/mol. The maximum absolute atomic E-state index is 12.1. The van der Waals surface area contributed by atoms with Gasteiger partial charge in [-0.05, 0) is 36.2 Å². The van der Waals surface area contributed by atoms with Crippen molar-refractivity contribution in [2.75, 3.05) is 12.9 Å². The predicted molar refractivity (Wildman–Crippen MR) is 97.7 cm³/mol. The van der Waals surface area contributed by atoms with Crippen LogP contribution in [0.4, 0.5) is 0 Å². The van der Waals surface area contributed by atoms with Gasteiger partial charge in [-0.25, -0.2) is 8.42 Å². The molecule has 25 heavy (non-hydrogen) atoms. The first-order valence-electron chi connectivity index (χ1n) is 7.78. The highest BCUT2D eigenvalue weighted by molar-refractivity contribution is 7.90. The van der Waals surface area contributed by atoms with Gasteiger partial charge in [0, 0.05) is 6.26 Å². The van der Waals surface area contributed by atoms with Gasteiger partial charge in [0.15, 0.2) is 16.4 Å². The number of hydrogen-bond acceptors (Lipinski definition) is 4. The van der Waals surface area contributed by atoms with Crippen molar-refractivity contribution < 1.29 is 17.9 Å². The SMILES string of the molecule is CC[C@H](NC(=O)COc1ccccc1Cl)c1ccc(S(C)(=O)=O)cc1. The highest BCUT2D eigenvalue weighted by Crippen LogP contribution is 2.23. The fourth-order valence-electron chi connectivity index (χ4n) is 2.31. The van der Waals surface area contributed by atoms with E-state index >= 15 is 0 Å². The van der Waals surface area contributed by atoms with Crippen molar-refractivity contribution in [1.82, 2.24) is 5.32 Å². The molecule has 2 aromatic rings. The second-order valence-electron chi connectivity index (χ2n) is 5.59. The van der Waals surface area contributed by atoms with Crippen molar-refractivity contribution in [1.29, 1.82) is 0 Å². The minimum absolute atomic E-state index is 0.151. The van der Waals surface area contributed by atoms with Gasteiger partial charge in [-0.15, -0.1) is 0 Å². The Kier molecular flexibility index (Phi) is 6.45. The standard InChI is InChI=1S/C18H20ClNO4S/c1-3-16(13-8-10-14(11-9-13)25(2,22)23)20-18(21)12-24-17-7-5-4-6-15(17)19/h4-11,16H,3,12H2,1-2H3,(H,20,21)/t16-/m0/s1. The maximum Gasteiger partial charge on any atom is 0.258 e. The molecule has 1 amide bonds. The number of sulfone groups is 1. The molecule has 0 spiro atoms. The Morgan fingerprint density at radius 2 is 1.80 bits per heavy atom. The van der Waals surface area contributed by atoms with Gasteiger partial charge in [0.05, 0.1) is 16.0 Å². The fourth-order valence-corrected chi connectivity index (χ4v) is 3.13. The smallest absolute Gasteiger partial charge is 0.258 e. The summed E-state index contributed by atoms with van der Waals surface area (Å²) >= 11 is 5.98. The van der Waals surface area contributed by atoms with E-state index in [-0.39, 0.29) is 23.5 Å². The maximum atomic E-state index is 12.1. The first kappa shape index (κ1) is 19.3. The van der Waals surface area contributed by atoms with Gasteiger partial charge in [-0.3, -0.25) is 4.79 Å². The van der Waals surface area contributed by atoms with Crippen LogP contribution in [0.2, 0.25) is 5.02 Å². The highest BCUT2D eigenvalue weighted by Gasteiger charge is 2.15. The summed E-state index contributed by atoms with van der Waals surface area (Å²) in [6.45, 7) is 1.78. The molecule has 5 nitrogen and oxygen atoms in total. The summed E-state index contributed by atoms with van der Waals surface area (Å²) in [4.78, 5) is 12.4. The van der Waals surface area contributed by atoms with E-state index in [4.69, 9.17) is 16.3 Å². The molecular formula is C18H20ClNO4S. The molecule has 0 aliphatic rings. The first-order valence-corrected chi connectivity index (χ1v) is 10.0. The number of benzene rings is 2. The lowest BCUT2D eigenvalue weighted by Crippen LogP contribution is -2.32. The van der Waals surface area contributed by atoms with Gasteiger partial charge in [0.1, 0.15) is 5.75 Å². The van der Waals surface area contributed by atoms with Crippen LogP contribution in [0.3, 0.4) is 0 Å². The Bertz CT molecular complexity index is 834. The van der Waals surface area contributed by atoms with Crippen molar-refractivity contribution in [2.24, 2.45) is 0 Å². The third-order valence-electron chi connectivity index (χ3n) is 3.65. The molecule has 0 radical (unpaired) electrons. The van der Waals surface area contributed by atoms with E-state index in [1.165, 1.54) is 0 Å². The Morgan fingerprint density at radius 1 is 1.16 bits per heavy atom. The third-order valence-corrected chi connectivity index (χ3v) is 5.09. The largest absolute Gasteiger partial charge is 0.482 e. The molecule has 0 saturated heterocycles. The quantitative estimate of drug-likeness (QED) is 0.797. The van der Waals surface area contributed by atoms with Gasteiger partial charge in [-0.2, -0.15) is 0 Å². The van der Waals surface area contributed by atoms with Crippen molar-refractivity contribution in [3.05, 3.63) is 59.1 Å². The van der Waals surface area contributed by atoms with Gasteiger partial charge >= 0.3 is 0 Å². The van der Waals surface area contributed by atoms with Crippen LogP contribution in [-0.2, 0) is 14.6 Å². The average molecular weight is 382 g/mol. The van der Waals surface area contributed by atoms with Crippen molar-refractivity contribution in [3.63, 3.8) is 0 Å². The van der Waals surface area contributed by atoms with E-state index < -0.39 is 9.84 Å². The highest BCUT2D eigenvalue weighted by atomic mass is 35.5. The summed E-state index contributed by atoms with van der Waals surface area (Å²) in [6.07, 6.45) is 1.82. The number of amides is 1. The number of para-hydroxylation sites is 1. The molecule has 0 bridgehead atoms. The molecule has 0 saturated carbocycles. The number of carbonyl (C=O) groups excluding carboxylic acids is 1. The van der Waals surface area contributed by atoms with Crippen molar-refractivity contribution in [3.8, 4) is 5.75 Å². The van der Waals surface area contributed by atoms with Gasteiger partial charge in [0.2, 0.25) is 0 Å². The number of hydrogen-bond donors (Lipinski definition) is 1. The topological polar surface area (TPSA) is 72.5 Å². The lowest BCUT2D eigenvalue weighted by Gasteiger charge is -2.18. The molecule has 134 valence electrons. The van der Waals surface area contributed by atoms with E-state index in [2.05, 4.69) is 5.32 Å². The molecule has 0 heterocycles. The zero-order valence-corrected chi connectivity index (χ0v) is 15.6. The lowest BCUT2D eigenvalue weighted by atomic mass is 10.0. The molecule has 7 heteroatoms. The number of carbonyl (C=O) groups is 1. The fraction of sp³-hybridized carbons (Fsp3) is 0.278. The molecule has 2 rings (SSSR count). The zero-order chi connectivity index (χ0) is 18.4. The van der Waals surface area contributed by atoms with Crippen LogP contribution in [0.1, 0.15) is 24.9 Å². The zero-order valence-electron chi connectivity index (χ0n) is 14.0. The summed E-state index contributed by atoms with van der Waals surface area (Å²) in [7, 11) is -3.24. The number of rotatable bonds is 7. The second-order valence-corrected chi connectivity index (χ2v) is 8.01. The van der Waals surface area contributed by atoms with E-state index in [9.17, 15) is 13.2 Å². The van der Waals surface area contributed by atoms with Crippen LogP contribution in [0, 0.1) is 0 Å². The summed E-state index contributed by atoms with van der Waals surface area (Å²) in [5, 5.41) is 3.32. The van der Waals surface area contributed by atoms with Crippen molar-refractivity contribution >= 4 is 27.3 Å². The minimum Gasteiger partial charge on any atom is -0.482 e. The van der Waals surface area contributed by atoms with Crippen LogP contribution < -0.4 is 10.1 Å². The average Bonchev–Trinajstić information content (AvgIpc) is 2.58. The van der Waals surface area contributed by atoms with E-state index in [1.807, 2.05) is 6.92 Å².